The Morgan fingerprint density at radius 3 is 2.67 bits per heavy atom. The maximum Gasteiger partial charge on any atom is 0.0187 e. The maximum absolute atomic E-state index is 2.23. The summed E-state index contributed by atoms with van der Waals surface area (Å²) in [5.74, 6) is 2.36. The van der Waals surface area contributed by atoms with E-state index in [9.17, 15) is 0 Å². The Labute approximate surface area is 79.4 Å². The smallest absolute Gasteiger partial charge is 0.0187 e. The average Bonchev–Trinajstić information content (AvgIpc) is 2.08. The summed E-state index contributed by atoms with van der Waals surface area (Å²) in [5, 5.41) is 0. The number of rotatable bonds is 3. The van der Waals surface area contributed by atoms with Crippen molar-refractivity contribution < 1.29 is 0 Å². The third-order valence-electron chi connectivity index (χ3n) is 2.18. The Kier molecular flexibility index (Phi) is 3.67. The van der Waals surface area contributed by atoms with Gasteiger partial charge < -0.3 is 0 Å². The Morgan fingerprint density at radius 2 is 2.00 bits per heavy atom. The van der Waals surface area contributed by atoms with Gasteiger partial charge in [0, 0.05) is 5.75 Å². The molecule has 0 aromatic heterocycles. The largest absolute Gasteiger partial charge is 0.157 e. The van der Waals surface area contributed by atoms with Gasteiger partial charge in [-0.15, -0.1) is 0 Å². The van der Waals surface area contributed by atoms with E-state index in [1.807, 2.05) is 11.8 Å². The molecular weight excluding hydrogens is 164 g/mol. The molecule has 1 rings (SSSR count). The van der Waals surface area contributed by atoms with Crippen molar-refractivity contribution in [3.05, 3.63) is 34.9 Å². The Hall–Kier alpha value is -0.430. The van der Waals surface area contributed by atoms with Gasteiger partial charge in [-0.1, -0.05) is 25.1 Å². The molecule has 1 aromatic rings. The molecule has 0 spiro atoms. The summed E-state index contributed by atoms with van der Waals surface area (Å²) >= 11 is 1.98. The first-order valence-electron chi connectivity index (χ1n) is 4.38. The van der Waals surface area contributed by atoms with Crippen molar-refractivity contribution in [2.24, 2.45) is 0 Å². The predicted octanol–water partition coefficient (Wildman–Crippen LogP) is 3.56. The van der Waals surface area contributed by atoms with Crippen LogP contribution < -0.4 is 0 Å². The molecule has 0 aliphatic heterocycles. The van der Waals surface area contributed by atoms with Gasteiger partial charge >= 0.3 is 0 Å². The number of hydrogen-bond donors (Lipinski definition) is 0. The minimum Gasteiger partial charge on any atom is -0.157 e. The van der Waals surface area contributed by atoms with Gasteiger partial charge in [-0.3, -0.25) is 0 Å². The minimum absolute atomic E-state index is 1.16. The van der Waals surface area contributed by atoms with E-state index in [1.54, 1.807) is 0 Å². The van der Waals surface area contributed by atoms with Gasteiger partial charge in [0.1, 0.15) is 0 Å². The predicted molar refractivity (Wildman–Crippen MR) is 57.8 cm³/mol. The summed E-state index contributed by atoms with van der Waals surface area (Å²) in [6.45, 7) is 6.59. The summed E-state index contributed by atoms with van der Waals surface area (Å²) in [4.78, 5) is 0. The molecule has 0 saturated heterocycles. The van der Waals surface area contributed by atoms with Crippen LogP contribution in [0.25, 0.3) is 0 Å². The molecule has 0 unspecified atom stereocenters. The van der Waals surface area contributed by atoms with Gasteiger partial charge in [0.15, 0.2) is 0 Å². The Morgan fingerprint density at radius 1 is 1.25 bits per heavy atom. The minimum atomic E-state index is 1.16. The standard InChI is InChI=1S/C11H16S/c1-4-12-8-11-7-5-6-9(2)10(11)3/h5-7H,4,8H2,1-3H3. The van der Waals surface area contributed by atoms with E-state index in [-0.39, 0.29) is 0 Å². The molecule has 0 amide bonds. The van der Waals surface area contributed by atoms with E-state index in [1.165, 1.54) is 22.4 Å². The summed E-state index contributed by atoms with van der Waals surface area (Å²) in [7, 11) is 0. The fourth-order valence-corrected chi connectivity index (χ4v) is 1.92. The van der Waals surface area contributed by atoms with Crippen LogP contribution in [0.2, 0.25) is 0 Å². The van der Waals surface area contributed by atoms with Crippen molar-refractivity contribution in [1.82, 2.24) is 0 Å². The van der Waals surface area contributed by atoms with Crippen LogP contribution in [0.5, 0.6) is 0 Å². The number of thioether (sulfide) groups is 1. The SMILES string of the molecule is CCSCc1cccc(C)c1C. The Bertz CT molecular complexity index is 253. The highest BCUT2D eigenvalue weighted by Gasteiger charge is 1.98. The zero-order valence-corrected chi connectivity index (χ0v) is 8.87. The second-order valence-corrected chi connectivity index (χ2v) is 4.27. The molecule has 0 bridgehead atoms. The lowest BCUT2D eigenvalue weighted by Crippen LogP contribution is -1.89. The van der Waals surface area contributed by atoms with Crippen LogP contribution in [-0.2, 0) is 5.75 Å². The number of hydrogen-bond acceptors (Lipinski definition) is 1. The van der Waals surface area contributed by atoms with Crippen LogP contribution in [0.15, 0.2) is 18.2 Å². The van der Waals surface area contributed by atoms with Crippen molar-refractivity contribution in [1.29, 1.82) is 0 Å². The van der Waals surface area contributed by atoms with Gasteiger partial charge in [-0.2, -0.15) is 11.8 Å². The van der Waals surface area contributed by atoms with Crippen LogP contribution in [-0.4, -0.2) is 5.75 Å². The lowest BCUT2D eigenvalue weighted by atomic mass is 10.1. The van der Waals surface area contributed by atoms with Crippen LogP contribution in [0, 0.1) is 13.8 Å². The molecule has 0 saturated carbocycles. The third kappa shape index (κ3) is 2.28. The van der Waals surface area contributed by atoms with Crippen molar-refractivity contribution in [2.45, 2.75) is 26.5 Å². The summed E-state index contributed by atoms with van der Waals surface area (Å²) in [5.41, 5.74) is 4.35. The van der Waals surface area contributed by atoms with Crippen LogP contribution >= 0.6 is 11.8 Å². The fraction of sp³-hybridized carbons (Fsp3) is 0.455. The van der Waals surface area contributed by atoms with Gasteiger partial charge in [-0.25, -0.2) is 0 Å². The molecular formula is C11H16S. The average molecular weight is 180 g/mol. The van der Waals surface area contributed by atoms with Gasteiger partial charge in [0.05, 0.1) is 0 Å². The molecule has 0 fully saturated rings. The lowest BCUT2D eigenvalue weighted by Gasteiger charge is -2.06. The molecule has 0 radical (unpaired) electrons. The van der Waals surface area contributed by atoms with Crippen molar-refractivity contribution >= 4 is 11.8 Å². The molecule has 66 valence electrons. The van der Waals surface area contributed by atoms with Crippen LogP contribution in [0.1, 0.15) is 23.6 Å². The Balaban J connectivity index is 2.78. The third-order valence-corrected chi connectivity index (χ3v) is 3.10. The fourth-order valence-electron chi connectivity index (χ4n) is 1.18. The second-order valence-electron chi connectivity index (χ2n) is 3.00. The highest BCUT2D eigenvalue weighted by molar-refractivity contribution is 7.98. The number of aryl methyl sites for hydroxylation is 1. The summed E-state index contributed by atoms with van der Waals surface area (Å²) in [6.07, 6.45) is 0. The van der Waals surface area contributed by atoms with E-state index in [2.05, 4.69) is 39.0 Å². The van der Waals surface area contributed by atoms with Crippen molar-refractivity contribution in [2.75, 3.05) is 5.75 Å². The first-order chi connectivity index (χ1) is 5.75. The number of benzene rings is 1. The van der Waals surface area contributed by atoms with Gasteiger partial charge in [0.25, 0.3) is 0 Å². The zero-order valence-electron chi connectivity index (χ0n) is 8.05. The first-order valence-corrected chi connectivity index (χ1v) is 5.54. The van der Waals surface area contributed by atoms with Gasteiger partial charge in [0.2, 0.25) is 0 Å². The van der Waals surface area contributed by atoms with E-state index >= 15 is 0 Å². The topological polar surface area (TPSA) is 0 Å². The molecule has 12 heavy (non-hydrogen) atoms. The maximum atomic E-state index is 2.23. The lowest BCUT2D eigenvalue weighted by molar-refractivity contribution is 1.24. The highest BCUT2D eigenvalue weighted by atomic mass is 32.2. The normalized spacial score (nSPS) is 10.2. The molecule has 0 heterocycles. The van der Waals surface area contributed by atoms with Crippen LogP contribution in [0.3, 0.4) is 0 Å². The molecule has 1 aromatic carbocycles. The molecule has 0 atom stereocenters. The monoisotopic (exact) mass is 180 g/mol. The molecule has 1 heteroatoms. The van der Waals surface area contributed by atoms with E-state index in [0.29, 0.717) is 0 Å². The van der Waals surface area contributed by atoms with Crippen molar-refractivity contribution in [3.63, 3.8) is 0 Å². The summed E-state index contributed by atoms with van der Waals surface area (Å²) in [6, 6.07) is 6.55. The molecule has 0 N–H and O–H groups in total. The highest BCUT2D eigenvalue weighted by Crippen LogP contribution is 2.18. The first kappa shape index (κ1) is 9.66. The molecule has 0 aliphatic carbocycles. The van der Waals surface area contributed by atoms with E-state index < -0.39 is 0 Å². The second kappa shape index (κ2) is 4.56. The van der Waals surface area contributed by atoms with E-state index in [4.69, 9.17) is 0 Å². The summed E-state index contributed by atoms with van der Waals surface area (Å²) < 4.78 is 0. The van der Waals surface area contributed by atoms with Gasteiger partial charge in [-0.05, 0) is 36.3 Å². The van der Waals surface area contributed by atoms with Crippen LogP contribution in [0.4, 0.5) is 0 Å². The van der Waals surface area contributed by atoms with E-state index in [0.717, 1.165) is 5.75 Å². The zero-order chi connectivity index (χ0) is 8.97. The molecule has 0 nitrogen and oxygen atoms in total. The molecule has 0 aliphatic rings. The quantitative estimate of drug-likeness (QED) is 0.685. The van der Waals surface area contributed by atoms with Crippen molar-refractivity contribution in [3.8, 4) is 0 Å².